The van der Waals surface area contributed by atoms with Crippen molar-refractivity contribution < 1.29 is 17.9 Å². The Hall–Kier alpha value is -3.66. The van der Waals surface area contributed by atoms with Crippen LogP contribution in [0.1, 0.15) is 51.4 Å². The predicted molar refractivity (Wildman–Crippen MR) is 144 cm³/mol. The predicted octanol–water partition coefficient (Wildman–Crippen LogP) is 4.26. The van der Waals surface area contributed by atoms with Gasteiger partial charge in [-0.15, -0.1) is 0 Å². The molecule has 2 aromatic heterocycles. The molecule has 0 bridgehead atoms. The van der Waals surface area contributed by atoms with Crippen molar-refractivity contribution in [1.29, 1.82) is 0 Å². The number of nitrogens with one attached hydrogen (secondary N) is 1. The van der Waals surface area contributed by atoms with Crippen molar-refractivity contribution in [3.8, 4) is 17.0 Å². The first-order valence-corrected chi connectivity index (χ1v) is 13.7. The summed E-state index contributed by atoms with van der Waals surface area (Å²) in [5, 5.41) is -0.328. The monoisotopic (exact) mass is 523 g/mol. The third-order valence-electron chi connectivity index (χ3n) is 6.22. The van der Waals surface area contributed by atoms with E-state index in [1.165, 1.54) is 18.2 Å². The number of ether oxygens (including phenoxy) is 1. The van der Waals surface area contributed by atoms with Gasteiger partial charge in [-0.2, -0.15) is 8.42 Å². The van der Waals surface area contributed by atoms with Gasteiger partial charge in [-0.3, -0.25) is 4.79 Å². The third kappa shape index (κ3) is 5.85. The molecule has 9 nitrogen and oxygen atoms in total. The maximum Gasteiger partial charge on any atom is 0.281 e. The van der Waals surface area contributed by atoms with Crippen LogP contribution in [0.5, 0.6) is 5.75 Å². The number of aromatic nitrogens is 2. The van der Waals surface area contributed by atoms with Gasteiger partial charge < -0.3 is 15.4 Å². The lowest BCUT2D eigenvalue weighted by Gasteiger charge is -2.34. The molecule has 1 amide bonds. The summed E-state index contributed by atoms with van der Waals surface area (Å²) in [7, 11) is -4.24. The molecule has 196 valence electrons. The molecule has 1 saturated heterocycles. The van der Waals surface area contributed by atoms with E-state index in [0.29, 0.717) is 24.0 Å². The van der Waals surface area contributed by atoms with E-state index >= 15 is 0 Å². The van der Waals surface area contributed by atoms with Gasteiger partial charge in [-0.25, -0.2) is 14.7 Å². The number of nitrogens with zero attached hydrogens (tertiary/aromatic N) is 3. The summed E-state index contributed by atoms with van der Waals surface area (Å²) in [5.74, 6) is 0.824. The summed E-state index contributed by atoms with van der Waals surface area (Å²) in [6, 6.07) is 15.1. The van der Waals surface area contributed by atoms with Crippen LogP contribution in [0.3, 0.4) is 0 Å². The van der Waals surface area contributed by atoms with Gasteiger partial charge in [0, 0.05) is 17.6 Å². The fourth-order valence-corrected chi connectivity index (χ4v) is 5.68. The lowest BCUT2D eigenvalue weighted by atomic mass is 9.97. The number of carbonyl (C=O) groups excluding carboxylic acids is 1. The summed E-state index contributed by atoms with van der Waals surface area (Å²) in [4.78, 5) is 24.2. The highest BCUT2D eigenvalue weighted by atomic mass is 32.2. The van der Waals surface area contributed by atoms with Crippen LogP contribution in [0.4, 0.5) is 11.6 Å². The van der Waals surface area contributed by atoms with Crippen molar-refractivity contribution in [2.24, 2.45) is 5.92 Å². The molecule has 0 aliphatic carbocycles. The van der Waals surface area contributed by atoms with Gasteiger partial charge in [0.25, 0.3) is 15.9 Å². The zero-order valence-corrected chi connectivity index (χ0v) is 22.5. The number of nitrogens with two attached hydrogens (primary N) is 1. The number of rotatable bonds is 7. The maximum atomic E-state index is 13.4. The number of benzene rings is 1. The number of pyridine rings is 2. The van der Waals surface area contributed by atoms with E-state index in [9.17, 15) is 13.2 Å². The molecule has 1 unspecified atom stereocenters. The molecule has 0 spiro atoms. The number of hydrogen-bond donors (Lipinski definition) is 2. The Balaban J connectivity index is 1.73. The maximum absolute atomic E-state index is 13.4. The second-order valence-corrected chi connectivity index (χ2v) is 12.0. The fourth-order valence-electron chi connectivity index (χ4n) is 4.74. The van der Waals surface area contributed by atoms with Crippen LogP contribution in [-0.4, -0.2) is 42.5 Å². The zero-order chi connectivity index (χ0) is 27.0. The van der Waals surface area contributed by atoms with Gasteiger partial charge in [0.1, 0.15) is 17.4 Å². The van der Waals surface area contributed by atoms with Gasteiger partial charge in [0.15, 0.2) is 5.03 Å². The van der Waals surface area contributed by atoms with E-state index in [4.69, 9.17) is 15.5 Å². The van der Waals surface area contributed by atoms with E-state index in [1.807, 2.05) is 38.1 Å². The Kier molecular flexibility index (Phi) is 7.14. The summed E-state index contributed by atoms with van der Waals surface area (Å²) in [5.41, 5.74) is 7.05. The van der Waals surface area contributed by atoms with Gasteiger partial charge >= 0.3 is 0 Å². The molecule has 0 radical (unpaired) electrons. The number of anilines is 2. The van der Waals surface area contributed by atoms with Crippen molar-refractivity contribution in [3.63, 3.8) is 0 Å². The van der Waals surface area contributed by atoms with Crippen molar-refractivity contribution in [2.45, 2.75) is 57.7 Å². The SMILES string of the molecule is CC1CN(c2nc(-c3ccc(OC(C)C)cc3)ccc2C(=O)NS(=O)(=O)c2cccc(N)n2)C(C)(C)C1. The minimum atomic E-state index is -4.24. The molecule has 3 aromatic rings. The summed E-state index contributed by atoms with van der Waals surface area (Å²) in [6.45, 7) is 11.0. The molecule has 1 fully saturated rings. The molecule has 1 aliphatic rings. The highest BCUT2D eigenvalue weighted by Gasteiger charge is 2.39. The Morgan fingerprint density at radius 3 is 2.41 bits per heavy atom. The van der Waals surface area contributed by atoms with E-state index in [-0.39, 0.29) is 28.1 Å². The van der Waals surface area contributed by atoms with Crippen LogP contribution in [0, 0.1) is 5.92 Å². The number of nitrogen functional groups attached to an aromatic ring is 1. The molecule has 1 atom stereocenters. The largest absolute Gasteiger partial charge is 0.491 e. The fraction of sp³-hybridized carbons (Fsp3) is 0.370. The molecular weight excluding hydrogens is 490 g/mol. The topological polar surface area (TPSA) is 128 Å². The number of hydrogen-bond acceptors (Lipinski definition) is 8. The summed E-state index contributed by atoms with van der Waals surface area (Å²) < 4.78 is 33.6. The highest BCUT2D eigenvalue weighted by molar-refractivity contribution is 7.90. The second-order valence-electron chi connectivity index (χ2n) is 10.3. The smallest absolute Gasteiger partial charge is 0.281 e. The second kappa shape index (κ2) is 10.0. The molecule has 4 rings (SSSR count). The van der Waals surface area contributed by atoms with E-state index < -0.39 is 15.9 Å². The van der Waals surface area contributed by atoms with Crippen LogP contribution in [0.25, 0.3) is 11.3 Å². The van der Waals surface area contributed by atoms with Gasteiger partial charge in [0.2, 0.25) is 0 Å². The van der Waals surface area contributed by atoms with Crippen molar-refractivity contribution in [2.75, 3.05) is 17.2 Å². The lowest BCUT2D eigenvalue weighted by Crippen LogP contribution is -2.41. The van der Waals surface area contributed by atoms with Gasteiger partial charge in [0.05, 0.1) is 17.4 Å². The first kappa shape index (κ1) is 26.4. The molecule has 37 heavy (non-hydrogen) atoms. The number of amides is 1. The molecular formula is C27H33N5O4S. The van der Waals surface area contributed by atoms with Crippen LogP contribution < -0.4 is 20.1 Å². The van der Waals surface area contributed by atoms with Crippen molar-refractivity contribution in [3.05, 3.63) is 60.2 Å². The first-order valence-electron chi connectivity index (χ1n) is 12.2. The molecule has 3 N–H and O–H groups in total. The minimum Gasteiger partial charge on any atom is -0.491 e. The molecule has 1 aliphatic heterocycles. The van der Waals surface area contributed by atoms with Crippen molar-refractivity contribution >= 4 is 27.6 Å². The van der Waals surface area contributed by atoms with Crippen molar-refractivity contribution in [1.82, 2.24) is 14.7 Å². The third-order valence-corrected chi connectivity index (χ3v) is 7.45. The molecule has 10 heteroatoms. The lowest BCUT2D eigenvalue weighted by molar-refractivity contribution is 0.0981. The van der Waals surface area contributed by atoms with Crippen LogP contribution in [-0.2, 0) is 10.0 Å². The normalized spacial score (nSPS) is 17.1. The minimum absolute atomic E-state index is 0.0413. The Labute approximate surface area is 218 Å². The Morgan fingerprint density at radius 1 is 1.11 bits per heavy atom. The molecule has 0 saturated carbocycles. The van der Waals surface area contributed by atoms with Gasteiger partial charge in [-0.1, -0.05) is 13.0 Å². The molecule has 1 aromatic carbocycles. The zero-order valence-electron chi connectivity index (χ0n) is 21.7. The van der Waals surface area contributed by atoms with E-state index in [0.717, 1.165) is 17.7 Å². The number of carbonyl (C=O) groups is 1. The van der Waals surface area contributed by atoms with Crippen LogP contribution in [0.2, 0.25) is 0 Å². The van der Waals surface area contributed by atoms with Gasteiger partial charge in [-0.05, 0) is 88.6 Å². The van der Waals surface area contributed by atoms with E-state index in [1.54, 1.807) is 12.1 Å². The van der Waals surface area contributed by atoms with Crippen LogP contribution >= 0.6 is 0 Å². The average Bonchev–Trinajstić information content (AvgIpc) is 3.10. The summed E-state index contributed by atoms with van der Waals surface area (Å²) in [6.07, 6.45) is 0.971. The Morgan fingerprint density at radius 2 is 1.81 bits per heavy atom. The molecule has 3 heterocycles. The highest BCUT2D eigenvalue weighted by Crippen LogP contribution is 2.38. The van der Waals surface area contributed by atoms with Crippen LogP contribution in [0.15, 0.2) is 59.6 Å². The first-order chi connectivity index (χ1) is 17.4. The summed E-state index contributed by atoms with van der Waals surface area (Å²) >= 11 is 0. The standard InChI is InChI=1S/C27H33N5O4S/c1-17(2)36-20-11-9-19(10-12-20)22-14-13-21(25(29-22)32-16-18(3)15-27(32,4)5)26(33)31-37(34,35)24-8-6-7-23(28)30-24/h6-14,17-18H,15-16H2,1-5H3,(H2,28,30)(H,31,33). The number of sulfonamides is 1. The quantitative estimate of drug-likeness (QED) is 0.470. The average molecular weight is 524 g/mol. The van der Waals surface area contributed by atoms with E-state index in [2.05, 4.69) is 35.4 Å². The Bertz CT molecular complexity index is 1400.